The molecule has 3 heterocycles. The van der Waals surface area contributed by atoms with Crippen molar-refractivity contribution in [2.24, 2.45) is 0 Å². The third kappa shape index (κ3) is 3.89. The Balaban J connectivity index is 1.37. The Morgan fingerprint density at radius 1 is 1.11 bits per heavy atom. The highest BCUT2D eigenvalue weighted by Crippen LogP contribution is 2.24. The molecule has 0 unspecified atom stereocenters. The predicted molar refractivity (Wildman–Crippen MR) is 99.7 cm³/mol. The molecule has 0 aliphatic carbocycles. The van der Waals surface area contributed by atoms with Crippen LogP contribution in [0, 0.1) is 5.82 Å². The number of aromatic nitrogens is 2. The molecule has 1 amide bonds. The average molecular weight is 372 g/mol. The Kier molecular flexibility index (Phi) is 5.22. The highest BCUT2D eigenvalue weighted by atomic mass is 19.1. The first-order valence-electron chi connectivity index (χ1n) is 9.63. The Labute approximate surface area is 158 Å². The van der Waals surface area contributed by atoms with Crippen molar-refractivity contribution >= 4 is 5.91 Å². The number of amides is 1. The van der Waals surface area contributed by atoms with Gasteiger partial charge >= 0.3 is 0 Å². The SMILES string of the molecule is O=C(c1cc(-c2ccccc2F)n[nH]1)N1CCC(N2CCC(O)CC2)CC1. The maximum Gasteiger partial charge on any atom is 0.271 e. The largest absolute Gasteiger partial charge is 0.393 e. The zero-order valence-corrected chi connectivity index (χ0v) is 15.3. The van der Waals surface area contributed by atoms with Gasteiger partial charge in [0.05, 0.1) is 11.8 Å². The highest BCUT2D eigenvalue weighted by Gasteiger charge is 2.30. The van der Waals surface area contributed by atoms with E-state index in [0.29, 0.717) is 36.1 Å². The molecule has 0 atom stereocenters. The van der Waals surface area contributed by atoms with Gasteiger partial charge in [-0.1, -0.05) is 12.1 Å². The average Bonchev–Trinajstić information content (AvgIpc) is 3.18. The van der Waals surface area contributed by atoms with Crippen molar-refractivity contribution in [3.8, 4) is 11.3 Å². The third-order valence-electron chi connectivity index (χ3n) is 5.73. The van der Waals surface area contributed by atoms with Crippen LogP contribution in [0.5, 0.6) is 0 Å². The van der Waals surface area contributed by atoms with E-state index in [9.17, 15) is 14.3 Å². The van der Waals surface area contributed by atoms with Gasteiger partial charge in [-0.3, -0.25) is 9.89 Å². The maximum absolute atomic E-state index is 13.9. The standard InChI is InChI=1S/C20H25FN4O2/c21-17-4-2-1-3-16(17)18-13-19(23-22-18)20(27)25-9-5-14(6-10-25)24-11-7-15(26)8-12-24/h1-4,13-15,26H,5-12H2,(H,22,23). The van der Waals surface area contributed by atoms with Gasteiger partial charge in [-0.25, -0.2) is 4.39 Å². The molecule has 6 nitrogen and oxygen atoms in total. The lowest BCUT2D eigenvalue weighted by molar-refractivity contribution is 0.0355. The van der Waals surface area contributed by atoms with Gasteiger partial charge in [0, 0.05) is 37.8 Å². The molecule has 0 saturated carbocycles. The van der Waals surface area contributed by atoms with Gasteiger partial charge in [0.1, 0.15) is 11.5 Å². The van der Waals surface area contributed by atoms with E-state index in [2.05, 4.69) is 15.1 Å². The minimum absolute atomic E-state index is 0.0856. The molecule has 2 aromatic rings. The number of piperidine rings is 2. The summed E-state index contributed by atoms with van der Waals surface area (Å²) in [6.07, 6.45) is 3.40. The first-order chi connectivity index (χ1) is 13.1. The predicted octanol–water partition coefficient (Wildman–Crippen LogP) is 2.28. The molecule has 4 rings (SSSR count). The van der Waals surface area contributed by atoms with Crippen LogP contribution in [0.15, 0.2) is 30.3 Å². The first-order valence-corrected chi connectivity index (χ1v) is 9.63. The molecule has 27 heavy (non-hydrogen) atoms. The molecule has 0 radical (unpaired) electrons. The second kappa shape index (κ2) is 7.78. The van der Waals surface area contributed by atoms with E-state index in [1.807, 2.05) is 4.90 Å². The number of carbonyl (C=O) groups is 1. The minimum Gasteiger partial charge on any atom is -0.393 e. The minimum atomic E-state index is -0.351. The molecule has 1 aromatic heterocycles. The number of aliphatic hydroxyl groups excluding tert-OH is 1. The summed E-state index contributed by atoms with van der Waals surface area (Å²) in [5.74, 6) is -0.437. The summed E-state index contributed by atoms with van der Waals surface area (Å²) in [5, 5.41) is 16.5. The van der Waals surface area contributed by atoms with Crippen LogP contribution >= 0.6 is 0 Å². The van der Waals surface area contributed by atoms with Crippen molar-refractivity contribution in [2.45, 2.75) is 37.8 Å². The second-order valence-electron chi connectivity index (χ2n) is 7.44. The van der Waals surface area contributed by atoms with E-state index >= 15 is 0 Å². The van der Waals surface area contributed by atoms with Gasteiger partial charge in [0.15, 0.2) is 0 Å². The van der Waals surface area contributed by atoms with Crippen LogP contribution in [0.25, 0.3) is 11.3 Å². The summed E-state index contributed by atoms with van der Waals surface area (Å²) in [4.78, 5) is 17.1. The summed E-state index contributed by atoms with van der Waals surface area (Å²) >= 11 is 0. The summed E-state index contributed by atoms with van der Waals surface area (Å²) < 4.78 is 13.9. The lowest BCUT2D eigenvalue weighted by Gasteiger charge is -2.41. The monoisotopic (exact) mass is 372 g/mol. The van der Waals surface area contributed by atoms with Crippen molar-refractivity contribution in [2.75, 3.05) is 26.2 Å². The molecule has 2 saturated heterocycles. The molecule has 1 aromatic carbocycles. The van der Waals surface area contributed by atoms with E-state index in [-0.39, 0.29) is 17.8 Å². The zero-order valence-electron chi connectivity index (χ0n) is 15.3. The lowest BCUT2D eigenvalue weighted by Crippen LogP contribution is -2.49. The summed E-state index contributed by atoms with van der Waals surface area (Å²) in [6.45, 7) is 3.28. The number of halogens is 1. The van der Waals surface area contributed by atoms with Crippen LogP contribution in [-0.4, -0.2) is 69.3 Å². The topological polar surface area (TPSA) is 72.5 Å². The summed E-state index contributed by atoms with van der Waals surface area (Å²) in [6, 6.07) is 8.52. The third-order valence-corrected chi connectivity index (χ3v) is 5.73. The van der Waals surface area contributed by atoms with Crippen molar-refractivity contribution in [3.63, 3.8) is 0 Å². The van der Waals surface area contributed by atoms with Crippen LogP contribution < -0.4 is 0 Å². The smallest absolute Gasteiger partial charge is 0.271 e. The number of hydrogen-bond acceptors (Lipinski definition) is 4. The molecule has 144 valence electrons. The molecule has 0 spiro atoms. The van der Waals surface area contributed by atoms with Crippen molar-refractivity contribution in [3.05, 3.63) is 41.8 Å². The van der Waals surface area contributed by atoms with Gasteiger partial charge in [-0.15, -0.1) is 0 Å². The lowest BCUT2D eigenvalue weighted by atomic mass is 9.99. The number of likely N-dealkylation sites (tertiary alicyclic amines) is 2. The van der Waals surface area contributed by atoms with Gasteiger partial charge in [0.25, 0.3) is 5.91 Å². The quantitative estimate of drug-likeness (QED) is 0.867. The van der Waals surface area contributed by atoms with E-state index in [1.54, 1.807) is 24.3 Å². The van der Waals surface area contributed by atoms with Crippen LogP contribution in [0.3, 0.4) is 0 Å². The molecule has 2 fully saturated rings. The number of benzene rings is 1. The summed E-state index contributed by atoms with van der Waals surface area (Å²) in [5.41, 5.74) is 1.23. The van der Waals surface area contributed by atoms with Crippen molar-refractivity contribution < 1.29 is 14.3 Å². The fourth-order valence-corrected chi connectivity index (χ4v) is 4.09. The highest BCUT2D eigenvalue weighted by molar-refractivity contribution is 5.93. The number of nitrogens with one attached hydrogen (secondary N) is 1. The van der Waals surface area contributed by atoms with Crippen LogP contribution in [0.2, 0.25) is 0 Å². The molecular weight excluding hydrogens is 347 g/mol. The number of aromatic amines is 1. The number of hydrogen-bond donors (Lipinski definition) is 2. The number of rotatable bonds is 3. The number of nitrogens with zero attached hydrogens (tertiary/aromatic N) is 3. The van der Waals surface area contributed by atoms with Gasteiger partial charge in [-0.2, -0.15) is 5.10 Å². The van der Waals surface area contributed by atoms with Crippen molar-refractivity contribution in [1.29, 1.82) is 0 Å². The molecule has 2 N–H and O–H groups in total. The molecule has 2 aliphatic heterocycles. The first kappa shape index (κ1) is 18.1. The normalized spacial score (nSPS) is 20.1. The molecular formula is C20H25FN4O2. The van der Waals surface area contributed by atoms with Gasteiger partial charge < -0.3 is 14.9 Å². The number of aliphatic hydroxyl groups is 1. The van der Waals surface area contributed by atoms with E-state index in [4.69, 9.17) is 0 Å². The summed E-state index contributed by atoms with van der Waals surface area (Å²) in [7, 11) is 0. The van der Waals surface area contributed by atoms with E-state index in [1.165, 1.54) is 6.07 Å². The Hall–Kier alpha value is -2.25. The Bertz CT molecular complexity index is 793. The Morgan fingerprint density at radius 2 is 1.81 bits per heavy atom. The van der Waals surface area contributed by atoms with Crippen LogP contribution in [-0.2, 0) is 0 Å². The van der Waals surface area contributed by atoms with Gasteiger partial charge in [0.2, 0.25) is 0 Å². The molecule has 7 heteroatoms. The maximum atomic E-state index is 13.9. The van der Waals surface area contributed by atoms with E-state index < -0.39 is 0 Å². The zero-order chi connectivity index (χ0) is 18.8. The second-order valence-corrected chi connectivity index (χ2v) is 7.44. The fourth-order valence-electron chi connectivity index (χ4n) is 4.09. The molecule has 2 aliphatic rings. The van der Waals surface area contributed by atoms with Crippen LogP contribution in [0.1, 0.15) is 36.2 Å². The fraction of sp³-hybridized carbons (Fsp3) is 0.500. The number of H-pyrrole nitrogens is 1. The van der Waals surface area contributed by atoms with Crippen LogP contribution in [0.4, 0.5) is 4.39 Å². The van der Waals surface area contributed by atoms with Crippen molar-refractivity contribution in [1.82, 2.24) is 20.0 Å². The van der Waals surface area contributed by atoms with E-state index in [0.717, 1.165) is 38.8 Å². The number of carbonyl (C=O) groups excluding carboxylic acids is 1. The Morgan fingerprint density at radius 3 is 2.52 bits per heavy atom. The van der Waals surface area contributed by atoms with Gasteiger partial charge in [-0.05, 0) is 43.9 Å². The molecule has 0 bridgehead atoms.